The van der Waals surface area contributed by atoms with Gasteiger partial charge in [-0.05, 0) is 17.7 Å². The van der Waals surface area contributed by atoms with Gasteiger partial charge in [-0.1, -0.05) is 35.9 Å². The monoisotopic (exact) mass is 197 g/mol. The molecule has 1 rings (SSSR count). The van der Waals surface area contributed by atoms with Gasteiger partial charge in [0.15, 0.2) is 0 Å². The number of halogens is 1. The summed E-state index contributed by atoms with van der Waals surface area (Å²) in [6.07, 6.45) is 3.61. The summed E-state index contributed by atoms with van der Waals surface area (Å²) >= 11 is 5.71. The van der Waals surface area contributed by atoms with E-state index in [1.165, 1.54) is 0 Å². The lowest BCUT2D eigenvalue weighted by atomic mass is 10.2. The lowest BCUT2D eigenvalue weighted by molar-refractivity contribution is 0.284. The van der Waals surface area contributed by atoms with Crippen LogP contribution in [0.1, 0.15) is 5.56 Å². The van der Waals surface area contributed by atoms with E-state index in [1.54, 1.807) is 6.08 Å². The van der Waals surface area contributed by atoms with E-state index in [2.05, 4.69) is 0 Å². The molecule has 1 aromatic carbocycles. The molecule has 0 aromatic heterocycles. The third-order valence-corrected chi connectivity index (χ3v) is 1.87. The van der Waals surface area contributed by atoms with Gasteiger partial charge in [0.2, 0.25) is 0 Å². The Hall–Kier alpha value is -0.830. The van der Waals surface area contributed by atoms with Crippen LogP contribution in [-0.2, 0) is 0 Å². The SMILES string of the molecule is NC(/C=C/c1ccc(Cl)cc1)CO. The summed E-state index contributed by atoms with van der Waals surface area (Å²) in [5, 5.41) is 9.37. The van der Waals surface area contributed by atoms with Crippen LogP contribution in [0.5, 0.6) is 0 Å². The zero-order valence-electron chi connectivity index (χ0n) is 7.15. The minimum absolute atomic E-state index is 0.0376. The molecule has 13 heavy (non-hydrogen) atoms. The molecule has 1 unspecified atom stereocenters. The molecule has 0 saturated heterocycles. The highest BCUT2D eigenvalue weighted by Crippen LogP contribution is 2.10. The van der Waals surface area contributed by atoms with Crippen LogP contribution in [0, 0.1) is 0 Å². The van der Waals surface area contributed by atoms with Gasteiger partial charge >= 0.3 is 0 Å². The summed E-state index contributed by atoms with van der Waals surface area (Å²) in [4.78, 5) is 0. The molecule has 0 aliphatic heterocycles. The molecule has 70 valence electrons. The topological polar surface area (TPSA) is 46.2 Å². The molecule has 1 atom stereocenters. The van der Waals surface area contributed by atoms with Crippen molar-refractivity contribution >= 4 is 17.7 Å². The Bertz CT molecular complexity index is 281. The van der Waals surface area contributed by atoms with Crippen LogP contribution in [0.15, 0.2) is 30.3 Å². The Morgan fingerprint density at radius 2 is 2.00 bits per heavy atom. The van der Waals surface area contributed by atoms with Gasteiger partial charge in [-0.15, -0.1) is 0 Å². The maximum absolute atomic E-state index is 8.66. The first-order valence-electron chi connectivity index (χ1n) is 4.02. The van der Waals surface area contributed by atoms with Gasteiger partial charge in [-0.3, -0.25) is 0 Å². The Labute approximate surface area is 82.6 Å². The summed E-state index contributed by atoms with van der Waals surface area (Å²) in [7, 11) is 0. The van der Waals surface area contributed by atoms with Gasteiger partial charge in [-0.25, -0.2) is 0 Å². The van der Waals surface area contributed by atoms with Gasteiger partial charge in [0.05, 0.1) is 6.61 Å². The van der Waals surface area contributed by atoms with Crippen molar-refractivity contribution in [2.75, 3.05) is 6.61 Å². The van der Waals surface area contributed by atoms with E-state index >= 15 is 0 Å². The highest BCUT2D eigenvalue weighted by Gasteiger charge is 1.92. The van der Waals surface area contributed by atoms with Crippen LogP contribution in [-0.4, -0.2) is 17.8 Å². The highest BCUT2D eigenvalue weighted by molar-refractivity contribution is 6.30. The van der Waals surface area contributed by atoms with Crippen LogP contribution in [0.25, 0.3) is 6.08 Å². The molecule has 0 bridgehead atoms. The minimum Gasteiger partial charge on any atom is -0.394 e. The molecule has 0 radical (unpaired) electrons. The molecule has 3 heteroatoms. The van der Waals surface area contributed by atoms with Crippen molar-refractivity contribution < 1.29 is 5.11 Å². The molecule has 0 saturated carbocycles. The Morgan fingerprint density at radius 1 is 1.38 bits per heavy atom. The van der Waals surface area contributed by atoms with Crippen molar-refractivity contribution in [1.82, 2.24) is 0 Å². The van der Waals surface area contributed by atoms with Gasteiger partial charge in [0.25, 0.3) is 0 Å². The second-order valence-electron chi connectivity index (χ2n) is 2.76. The molecule has 3 N–H and O–H groups in total. The number of aliphatic hydroxyl groups is 1. The van der Waals surface area contributed by atoms with E-state index in [0.717, 1.165) is 5.56 Å². The fraction of sp³-hybridized carbons (Fsp3) is 0.200. The zero-order chi connectivity index (χ0) is 9.68. The molecular weight excluding hydrogens is 186 g/mol. The fourth-order valence-corrected chi connectivity index (χ4v) is 0.995. The molecule has 1 aromatic rings. The number of benzene rings is 1. The molecule has 2 nitrogen and oxygen atoms in total. The zero-order valence-corrected chi connectivity index (χ0v) is 7.91. The third kappa shape index (κ3) is 3.59. The summed E-state index contributed by atoms with van der Waals surface area (Å²) < 4.78 is 0. The van der Waals surface area contributed by atoms with E-state index in [1.807, 2.05) is 30.3 Å². The van der Waals surface area contributed by atoms with Gasteiger partial charge in [0, 0.05) is 11.1 Å². The average molecular weight is 198 g/mol. The summed E-state index contributed by atoms with van der Waals surface area (Å²) in [5.41, 5.74) is 6.51. The predicted octanol–water partition coefficient (Wildman–Crippen LogP) is 1.67. The maximum Gasteiger partial charge on any atom is 0.0618 e. The maximum atomic E-state index is 8.66. The predicted molar refractivity (Wildman–Crippen MR) is 55.5 cm³/mol. The minimum atomic E-state index is -0.296. The first-order chi connectivity index (χ1) is 6.22. The number of aliphatic hydroxyl groups excluding tert-OH is 1. The third-order valence-electron chi connectivity index (χ3n) is 1.62. The van der Waals surface area contributed by atoms with Crippen LogP contribution < -0.4 is 5.73 Å². The van der Waals surface area contributed by atoms with Crippen molar-refractivity contribution in [3.63, 3.8) is 0 Å². The summed E-state index contributed by atoms with van der Waals surface area (Å²) in [6, 6.07) is 7.11. The van der Waals surface area contributed by atoms with E-state index in [-0.39, 0.29) is 12.6 Å². The molecule has 0 aliphatic carbocycles. The molecular formula is C10H12ClNO. The molecule has 0 amide bonds. The molecule has 0 fully saturated rings. The number of rotatable bonds is 3. The largest absolute Gasteiger partial charge is 0.394 e. The van der Waals surface area contributed by atoms with Crippen LogP contribution in [0.4, 0.5) is 0 Å². The first-order valence-corrected chi connectivity index (χ1v) is 4.40. The Kier molecular flexibility index (Phi) is 3.96. The standard InChI is InChI=1S/C10H12ClNO/c11-9-4-1-8(2-5-9)3-6-10(12)7-13/h1-6,10,13H,7,12H2/b6-3+. The fourth-order valence-electron chi connectivity index (χ4n) is 0.869. The lowest BCUT2D eigenvalue weighted by Gasteiger charge is -1.99. The van der Waals surface area contributed by atoms with E-state index in [0.29, 0.717) is 5.02 Å². The number of nitrogens with two attached hydrogens (primary N) is 1. The Morgan fingerprint density at radius 3 is 2.54 bits per heavy atom. The van der Waals surface area contributed by atoms with Crippen molar-refractivity contribution in [2.45, 2.75) is 6.04 Å². The van der Waals surface area contributed by atoms with Crippen molar-refractivity contribution in [1.29, 1.82) is 0 Å². The van der Waals surface area contributed by atoms with Crippen LogP contribution >= 0.6 is 11.6 Å². The van der Waals surface area contributed by atoms with Crippen molar-refractivity contribution in [3.8, 4) is 0 Å². The summed E-state index contributed by atoms with van der Waals surface area (Å²) in [5.74, 6) is 0. The van der Waals surface area contributed by atoms with Crippen LogP contribution in [0.2, 0.25) is 5.02 Å². The second-order valence-corrected chi connectivity index (χ2v) is 3.19. The number of hydrogen-bond donors (Lipinski definition) is 2. The van der Waals surface area contributed by atoms with E-state index in [9.17, 15) is 0 Å². The lowest BCUT2D eigenvalue weighted by Crippen LogP contribution is -2.20. The quantitative estimate of drug-likeness (QED) is 0.775. The smallest absolute Gasteiger partial charge is 0.0618 e. The van der Waals surface area contributed by atoms with Crippen molar-refractivity contribution in [2.24, 2.45) is 5.73 Å². The van der Waals surface area contributed by atoms with Gasteiger partial charge in [0.1, 0.15) is 0 Å². The van der Waals surface area contributed by atoms with Crippen LogP contribution in [0.3, 0.4) is 0 Å². The highest BCUT2D eigenvalue weighted by atomic mass is 35.5. The number of hydrogen-bond acceptors (Lipinski definition) is 2. The van der Waals surface area contributed by atoms with Gasteiger partial charge in [-0.2, -0.15) is 0 Å². The van der Waals surface area contributed by atoms with E-state index < -0.39 is 0 Å². The summed E-state index contributed by atoms with van der Waals surface area (Å²) in [6.45, 7) is -0.0376. The first kappa shape index (κ1) is 10.3. The van der Waals surface area contributed by atoms with Crippen molar-refractivity contribution in [3.05, 3.63) is 40.9 Å². The molecule has 0 heterocycles. The normalized spacial score (nSPS) is 13.5. The second kappa shape index (κ2) is 5.02. The molecule has 0 aliphatic rings. The molecule has 0 spiro atoms. The van der Waals surface area contributed by atoms with E-state index in [4.69, 9.17) is 22.4 Å². The average Bonchev–Trinajstić information content (AvgIpc) is 2.16. The van der Waals surface area contributed by atoms with Gasteiger partial charge < -0.3 is 10.8 Å². The Balaban J connectivity index is 2.64.